The molecule has 0 radical (unpaired) electrons. The van der Waals surface area contributed by atoms with Gasteiger partial charge in [-0.3, -0.25) is 0 Å². The lowest BCUT2D eigenvalue weighted by Gasteiger charge is -2.23. The highest BCUT2D eigenvalue weighted by molar-refractivity contribution is 9.10. The summed E-state index contributed by atoms with van der Waals surface area (Å²) in [6.07, 6.45) is 5.07. The minimum absolute atomic E-state index is 0.633. The van der Waals surface area contributed by atoms with E-state index in [9.17, 15) is 0 Å². The van der Waals surface area contributed by atoms with Crippen LogP contribution in [0.5, 0.6) is 0 Å². The summed E-state index contributed by atoms with van der Waals surface area (Å²) in [7, 11) is 0. The predicted molar refractivity (Wildman–Crippen MR) is 88.7 cm³/mol. The number of hydrogen-bond acceptors (Lipinski definition) is 1. The molecule has 1 atom stereocenters. The second kappa shape index (κ2) is 9.55. The second-order valence-corrected chi connectivity index (χ2v) is 6.29. The maximum Gasteiger partial charge on any atom is 0.0178 e. The molecule has 1 rings (SSSR count). The van der Waals surface area contributed by atoms with E-state index in [4.69, 9.17) is 0 Å². The topological polar surface area (TPSA) is 12.0 Å². The van der Waals surface area contributed by atoms with Crippen molar-refractivity contribution >= 4 is 15.9 Å². The Bertz CT molecular complexity index is 347. The fourth-order valence-corrected chi connectivity index (χ4v) is 2.99. The smallest absolute Gasteiger partial charge is 0.0178 e. The first-order valence-electron chi connectivity index (χ1n) is 7.67. The molecular weight excluding hydrogens is 298 g/mol. The van der Waals surface area contributed by atoms with Crippen molar-refractivity contribution in [2.75, 3.05) is 13.1 Å². The van der Waals surface area contributed by atoms with Crippen LogP contribution >= 0.6 is 15.9 Å². The Kier molecular flexibility index (Phi) is 8.40. The van der Waals surface area contributed by atoms with Gasteiger partial charge in [-0.15, -0.1) is 0 Å². The van der Waals surface area contributed by atoms with Gasteiger partial charge in [0.1, 0.15) is 0 Å². The summed E-state index contributed by atoms with van der Waals surface area (Å²) in [5.74, 6) is 1.47. The van der Waals surface area contributed by atoms with Crippen molar-refractivity contribution in [1.82, 2.24) is 5.32 Å². The van der Waals surface area contributed by atoms with Crippen LogP contribution in [0.3, 0.4) is 0 Å². The molecule has 1 aromatic carbocycles. The van der Waals surface area contributed by atoms with E-state index in [0.717, 1.165) is 19.0 Å². The molecule has 0 saturated carbocycles. The van der Waals surface area contributed by atoms with Crippen molar-refractivity contribution in [1.29, 1.82) is 0 Å². The van der Waals surface area contributed by atoms with Crippen LogP contribution in [0.2, 0.25) is 0 Å². The highest BCUT2D eigenvalue weighted by atomic mass is 79.9. The van der Waals surface area contributed by atoms with Crippen molar-refractivity contribution in [3.8, 4) is 0 Å². The first-order chi connectivity index (χ1) is 9.21. The van der Waals surface area contributed by atoms with E-state index in [0.29, 0.717) is 5.92 Å². The van der Waals surface area contributed by atoms with E-state index in [1.54, 1.807) is 0 Å². The number of rotatable bonds is 9. The average molecular weight is 326 g/mol. The van der Waals surface area contributed by atoms with Crippen LogP contribution in [0.15, 0.2) is 28.7 Å². The van der Waals surface area contributed by atoms with E-state index >= 15 is 0 Å². The van der Waals surface area contributed by atoms with Gasteiger partial charge >= 0.3 is 0 Å². The molecule has 19 heavy (non-hydrogen) atoms. The molecule has 108 valence electrons. The van der Waals surface area contributed by atoms with Crippen LogP contribution in [0.4, 0.5) is 0 Å². The molecule has 0 heterocycles. The Morgan fingerprint density at radius 2 is 1.89 bits per heavy atom. The van der Waals surface area contributed by atoms with Gasteiger partial charge in [0, 0.05) is 11.0 Å². The van der Waals surface area contributed by atoms with Gasteiger partial charge in [-0.1, -0.05) is 61.7 Å². The largest absolute Gasteiger partial charge is 0.316 e. The van der Waals surface area contributed by atoms with Crippen molar-refractivity contribution in [2.45, 2.75) is 52.4 Å². The Morgan fingerprint density at radius 3 is 2.47 bits per heavy atom. The molecule has 1 unspecified atom stereocenters. The van der Waals surface area contributed by atoms with Gasteiger partial charge < -0.3 is 5.32 Å². The molecule has 2 heteroatoms. The zero-order valence-corrected chi connectivity index (χ0v) is 14.2. The minimum atomic E-state index is 0.633. The van der Waals surface area contributed by atoms with Crippen LogP contribution in [-0.2, 0) is 0 Å². The van der Waals surface area contributed by atoms with E-state index in [-0.39, 0.29) is 0 Å². The molecule has 1 N–H and O–H groups in total. The van der Waals surface area contributed by atoms with E-state index in [2.05, 4.69) is 66.3 Å². The Labute approximate surface area is 127 Å². The lowest BCUT2D eigenvalue weighted by molar-refractivity contribution is 0.398. The fourth-order valence-electron chi connectivity index (χ4n) is 2.58. The van der Waals surface area contributed by atoms with Gasteiger partial charge in [0.2, 0.25) is 0 Å². The molecule has 0 bridgehead atoms. The summed E-state index contributed by atoms with van der Waals surface area (Å²) in [5.41, 5.74) is 1.46. The van der Waals surface area contributed by atoms with Crippen molar-refractivity contribution in [2.24, 2.45) is 5.92 Å². The summed E-state index contributed by atoms with van der Waals surface area (Å²) >= 11 is 3.59. The quantitative estimate of drug-likeness (QED) is 0.603. The Hall–Kier alpha value is -0.340. The third kappa shape index (κ3) is 6.09. The van der Waals surface area contributed by atoms with Gasteiger partial charge in [0.15, 0.2) is 0 Å². The summed E-state index contributed by atoms with van der Waals surface area (Å²) < 4.78 is 1.19. The molecule has 0 aliphatic carbocycles. The van der Waals surface area contributed by atoms with E-state index in [1.165, 1.54) is 35.7 Å². The van der Waals surface area contributed by atoms with Crippen LogP contribution in [0, 0.1) is 5.92 Å². The van der Waals surface area contributed by atoms with Crippen LogP contribution < -0.4 is 5.32 Å². The van der Waals surface area contributed by atoms with E-state index in [1.807, 2.05) is 0 Å². The van der Waals surface area contributed by atoms with Crippen molar-refractivity contribution in [3.63, 3.8) is 0 Å². The highest BCUT2D eigenvalue weighted by Gasteiger charge is 2.16. The molecule has 0 aliphatic heterocycles. The molecular formula is C17H28BrN. The fraction of sp³-hybridized carbons (Fsp3) is 0.647. The maximum atomic E-state index is 3.59. The molecule has 1 aromatic rings. The number of halogens is 1. The number of benzene rings is 1. The molecule has 0 fully saturated rings. The normalized spacial score (nSPS) is 12.9. The molecule has 1 nitrogen and oxygen atoms in total. The third-order valence-electron chi connectivity index (χ3n) is 3.91. The molecule has 0 amide bonds. The number of nitrogens with one attached hydrogen (secondary N) is 1. The lowest BCUT2D eigenvalue weighted by atomic mass is 9.86. The SMILES string of the molecule is CCCNCC(CC(CC)CC)c1cccc(Br)c1. The summed E-state index contributed by atoms with van der Waals surface area (Å²) in [5, 5.41) is 3.59. The van der Waals surface area contributed by atoms with Gasteiger partial charge in [0.25, 0.3) is 0 Å². The van der Waals surface area contributed by atoms with Gasteiger partial charge in [-0.2, -0.15) is 0 Å². The summed E-state index contributed by atoms with van der Waals surface area (Å²) in [4.78, 5) is 0. The molecule has 0 spiro atoms. The summed E-state index contributed by atoms with van der Waals surface area (Å²) in [6, 6.07) is 8.81. The standard InChI is InChI=1S/C17H28BrN/c1-4-10-19-13-16(11-14(5-2)6-3)15-8-7-9-17(18)12-15/h7-9,12,14,16,19H,4-6,10-11,13H2,1-3H3. The first-order valence-corrected chi connectivity index (χ1v) is 8.46. The third-order valence-corrected chi connectivity index (χ3v) is 4.40. The minimum Gasteiger partial charge on any atom is -0.316 e. The molecule has 0 aliphatic rings. The Balaban J connectivity index is 2.73. The van der Waals surface area contributed by atoms with Crippen molar-refractivity contribution < 1.29 is 0 Å². The highest BCUT2D eigenvalue weighted by Crippen LogP contribution is 2.28. The zero-order chi connectivity index (χ0) is 14.1. The zero-order valence-electron chi connectivity index (χ0n) is 12.6. The summed E-state index contributed by atoms with van der Waals surface area (Å²) in [6.45, 7) is 9.06. The first kappa shape index (κ1) is 16.7. The molecule has 0 saturated heterocycles. The maximum absolute atomic E-state index is 3.59. The van der Waals surface area contributed by atoms with Gasteiger partial charge in [-0.05, 0) is 48.9 Å². The molecule has 0 aromatic heterocycles. The van der Waals surface area contributed by atoms with Crippen LogP contribution in [0.1, 0.15) is 57.9 Å². The van der Waals surface area contributed by atoms with Crippen molar-refractivity contribution in [3.05, 3.63) is 34.3 Å². The predicted octanol–water partition coefficient (Wildman–Crippen LogP) is 5.36. The average Bonchev–Trinajstić information content (AvgIpc) is 2.43. The second-order valence-electron chi connectivity index (χ2n) is 5.37. The number of hydrogen-bond donors (Lipinski definition) is 1. The Morgan fingerprint density at radius 1 is 1.16 bits per heavy atom. The van der Waals surface area contributed by atoms with E-state index < -0.39 is 0 Å². The lowest BCUT2D eigenvalue weighted by Crippen LogP contribution is -2.24. The van der Waals surface area contributed by atoms with Gasteiger partial charge in [-0.25, -0.2) is 0 Å². The van der Waals surface area contributed by atoms with Crippen LogP contribution in [-0.4, -0.2) is 13.1 Å². The van der Waals surface area contributed by atoms with Gasteiger partial charge in [0.05, 0.1) is 0 Å². The van der Waals surface area contributed by atoms with Crippen LogP contribution in [0.25, 0.3) is 0 Å². The monoisotopic (exact) mass is 325 g/mol.